The van der Waals surface area contributed by atoms with Crippen molar-refractivity contribution in [3.8, 4) is 0 Å². The minimum atomic E-state index is -1.16. The molecule has 7 nitrogen and oxygen atoms in total. The molecule has 2 N–H and O–H groups in total. The summed E-state index contributed by atoms with van der Waals surface area (Å²) in [6.07, 6.45) is -0.515. The van der Waals surface area contributed by atoms with Crippen LogP contribution in [-0.4, -0.2) is 48.6 Å². The summed E-state index contributed by atoms with van der Waals surface area (Å²) < 4.78 is 0. The van der Waals surface area contributed by atoms with Crippen molar-refractivity contribution in [2.45, 2.75) is 6.17 Å². The predicted molar refractivity (Wildman–Crippen MR) is 98.1 cm³/mol. The molecular weight excluding hydrogens is 332 g/mol. The fourth-order valence-corrected chi connectivity index (χ4v) is 2.88. The Morgan fingerprint density at radius 3 is 2.50 bits per heavy atom. The highest BCUT2D eigenvalue weighted by Gasteiger charge is 2.35. The van der Waals surface area contributed by atoms with Gasteiger partial charge in [-0.25, -0.2) is 9.79 Å². The van der Waals surface area contributed by atoms with E-state index in [1.54, 1.807) is 12.1 Å². The quantitative estimate of drug-likeness (QED) is 0.844. The number of para-hydroxylation sites is 1. The summed E-state index contributed by atoms with van der Waals surface area (Å²) in [5, 5.41) is 0. The molecule has 0 saturated heterocycles. The number of aldehydes is 1. The summed E-state index contributed by atoms with van der Waals surface area (Å²) >= 11 is 0. The number of likely N-dealkylation sites (N-methyl/N-ethyl adjacent to an activating group) is 1. The zero-order valence-corrected chi connectivity index (χ0v) is 14.2. The molecule has 1 atom stereocenters. The molecule has 0 saturated carbocycles. The van der Waals surface area contributed by atoms with Crippen molar-refractivity contribution in [1.29, 1.82) is 0 Å². The summed E-state index contributed by atoms with van der Waals surface area (Å²) in [5.41, 5.74) is 7.98. The predicted octanol–water partition coefficient (Wildman–Crippen LogP) is 1.41. The minimum absolute atomic E-state index is 0.142. The molecule has 0 bridgehead atoms. The Kier molecular flexibility index (Phi) is 4.79. The fourth-order valence-electron chi connectivity index (χ4n) is 2.88. The number of anilines is 1. The van der Waals surface area contributed by atoms with Crippen LogP contribution in [-0.2, 0) is 9.59 Å². The van der Waals surface area contributed by atoms with Gasteiger partial charge in [-0.3, -0.25) is 9.69 Å². The van der Waals surface area contributed by atoms with Gasteiger partial charge in [0.15, 0.2) is 0 Å². The van der Waals surface area contributed by atoms with E-state index in [9.17, 15) is 14.4 Å². The van der Waals surface area contributed by atoms with E-state index in [1.165, 1.54) is 11.9 Å². The topological polar surface area (TPSA) is 96.1 Å². The van der Waals surface area contributed by atoms with Crippen molar-refractivity contribution in [3.05, 3.63) is 65.7 Å². The molecule has 1 aliphatic heterocycles. The van der Waals surface area contributed by atoms with E-state index in [2.05, 4.69) is 4.99 Å². The van der Waals surface area contributed by atoms with Crippen LogP contribution in [0.15, 0.2) is 59.6 Å². The molecule has 0 fully saturated rings. The Bertz CT molecular complexity index is 879. The number of carbonyl (C=O) groups excluding carboxylic acids is 3. The molecule has 3 amide bonds. The van der Waals surface area contributed by atoms with Crippen molar-refractivity contribution >= 4 is 29.6 Å². The first-order chi connectivity index (χ1) is 12.5. The van der Waals surface area contributed by atoms with E-state index < -0.39 is 18.1 Å². The Labute approximate surface area is 150 Å². The third kappa shape index (κ3) is 3.06. The van der Waals surface area contributed by atoms with E-state index in [-0.39, 0.29) is 6.54 Å². The average Bonchev–Trinajstić information content (AvgIpc) is 2.78. The molecule has 3 rings (SSSR count). The second kappa shape index (κ2) is 7.18. The first-order valence-corrected chi connectivity index (χ1v) is 8.04. The highest BCUT2D eigenvalue weighted by Crippen LogP contribution is 2.28. The number of fused-ring (bicyclic) bond motifs is 1. The number of urea groups is 1. The molecule has 0 spiro atoms. The van der Waals surface area contributed by atoms with Crippen LogP contribution in [0.1, 0.15) is 11.1 Å². The normalized spacial score (nSPS) is 16.3. The second-order valence-corrected chi connectivity index (χ2v) is 5.80. The van der Waals surface area contributed by atoms with Gasteiger partial charge in [0, 0.05) is 18.2 Å². The van der Waals surface area contributed by atoms with Gasteiger partial charge < -0.3 is 15.4 Å². The number of carbonyl (C=O) groups is 3. The second-order valence-electron chi connectivity index (χ2n) is 5.80. The van der Waals surface area contributed by atoms with E-state index in [4.69, 9.17) is 5.73 Å². The molecule has 26 heavy (non-hydrogen) atoms. The molecule has 1 heterocycles. The van der Waals surface area contributed by atoms with Crippen LogP contribution in [0, 0.1) is 0 Å². The van der Waals surface area contributed by atoms with Gasteiger partial charge in [-0.1, -0.05) is 48.5 Å². The van der Waals surface area contributed by atoms with Gasteiger partial charge >= 0.3 is 6.03 Å². The van der Waals surface area contributed by atoms with E-state index in [0.29, 0.717) is 23.2 Å². The Hall–Kier alpha value is -3.48. The number of nitrogens with zero attached hydrogens (tertiary/aromatic N) is 3. The van der Waals surface area contributed by atoms with Gasteiger partial charge in [-0.15, -0.1) is 0 Å². The smallest absolute Gasteiger partial charge is 0.316 e. The number of benzodiazepines with no additional fused rings is 1. The van der Waals surface area contributed by atoms with Gasteiger partial charge in [-0.2, -0.15) is 0 Å². The molecule has 132 valence electrons. The van der Waals surface area contributed by atoms with Crippen LogP contribution in [0.5, 0.6) is 0 Å². The van der Waals surface area contributed by atoms with Crippen LogP contribution < -0.4 is 10.6 Å². The number of aliphatic imine (C=N–C) groups is 1. The van der Waals surface area contributed by atoms with Crippen molar-refractivity contribution in [1.82, 2.24) is 4.90 Å². The first kappa shape index (κ1) is 17.3. The van der Waals surface area contributed by atoms with Crippen LogP contribution in [0.3, 0.4) is 0 Å². The van der Waals surface area contributed by atoms with E-state index >= 15 is 0 Å². The van der Waals surface area contributed by atoms with Gasteiger partial charge in [0.25, 0.3) is 5.91 Å². The molecule has 7 heteroatoms. The van der Waals surface area contributed by atoms with Crippen molar-refractivity contribution in [2.75, 3.05) is 18.5 Å². The molecule has 0 aliphatic carbocycles. The number of nitrogens with two attached hydrogens (primary N) is 1. The highest BCUT2D eigenvalue weighted by atomic mass is 16.2. The molecule has 2 aromatic carbocycles. The summed E-state index contributed by atoms with van der Waals surface area (Å²) in [5.74, 6) is -0.489. The molecule has 1 aliphatic rings. The fraction of sp³-hybridized carbons (Fsp3) is 0.158. The number of amides is 3. The van der Waals surface area contributed by atoms with Gasteiger partial charge in [0.05, 0.1) is 17.9 Å². The monoisotopic (exact) mass is 350 g/mol. The summed E-state index contributed by atoms with van der Waals surface area (Å²) in [4.78, 5) is 42.8. The standard InChI is InChI=1S/C19H18N4O3/c1-22(19(20)26)17-18(25)23(11-12-24)15-10-6-5-9-14(15)16(21-17)13-7-3-2-4-8-13/h2-10,12,17H,11H2,1H3,(H2,20,26). The van der Waals surface area contributed by atoms with E-state index in [1.807, 2.05) is 42.5 Å². The lowest BCUT2D eigenvalue weighted by Crippen LogP contribution is -2.50. The molecule has 2 aromatic rings. The van der Waals surface area contributed by atoms with Gasteiger partial charge in [0.2, 0.25) is 6.17 Å². The third-order valence-electron chi connectivity index (χ3n) is 4.21. The lowest BCUT2D eigenvalue weighted by molar-refractivity contribution is -0.123. The minimum Gasteiger partial charge on any atom is -0.351 e. The largest absolute Gasteiger partial charge is 0.351 e. The van der Waals surface area contributed by atoms with Crippen molar-refractivity contribution < 1.29 is 14.4 Å². The van der Waals surface area contributed by atoms with Crippen LogP contribution in [0.25, 0.3) is 0 Å². The Balaban J connectivity index is 2.26. The highest BCUT2D eigenvalue weighted by molar-refractivity contribution is 6.20. The number of rotatable bonds is 4. The summed E-state index contributed by atoms with van der Waals surface area (Å²) in [7, 11) is 1.41. The lowest BCUT2D eigenvalue weighted by atomic mass is 10.0. The number of primary amides is 1. The molecule has 1 unspecified atom stereocenters. The average molecular weight is 350 g/mol. The lowest BCUT2D eigenvalue weighted by Gasteiger charge is -2.26. The molecular formula is C19H18N4O3. The SMILES string of the molecule is CN(C(N)=O)C1N=C(c2ccccc2)c2ccccc2N(CC=O)C1=O. The van der Waals surface area contributed by atoms with Crippen molar-refractivity contribution in [3.63, 3.8) is 0 Å². The molecule has 0 radical (unpaired) electrons. The maximum absolute atomic E-state index is 13.0. The number of hydrogen-bond donors (Lipinski definition) is 1. The van der Waals surface area contributed by atoms with Crippen LogP contribution >= 0.6 is 0 Å². The zero-order chi connectivity index (χ0) is 18.7. The maximum atomic E-state index is 13.0. The molecule has 0 aromatic heterocycles. The zero-order valence-electron chi connectivity index (χ0n) is 14.2. The van der Waals surface area contributed by atoms with Crippen LogP contribution in [0.4, 0.5) is 10.5 Å². The maximum Gasteiger partial charge on any atom is 0.316 e. The first-order valence-electron chi connectivity index (χ1n) is 8.04. The van der Waals surface area contributed by atoms with Crippen LogP contribution in [0.2, 0.25) is 0 Å². The van der Waals surface area contributed by atoms with Gasteiger partial charge in [-0.05, 0) is 6.07 Å². The summed E-state index contributed by atoms with van der Waals surface area (Å²) in [6, 6.07) is 15.8. The number of benzene rings is 2. The summed E-state index contributed by atoms with van der Waals surface area (Å²) in [6.45, 7) is -0.142. The van der Waals surface area contributed by atoms with E-state index in [0.717, 1.165) is 10.5 Å². The third-order valence-corrected chi connectivity index (χ3v) is 4.21. The number of hydrogen-bond acceptors (Lipinski definition) is 4. The van der Waals surface area contributed by atoms with Crippen molar-refractivity contribution in [2.24, 2.45) is 10.7 Å². The Morgan fingerprint density at radius 1 is 1.19 bits per heavy atom. The van der Waals surface area contributed by atoms with Gasteiger partial charge in [0.1, 0.15) is 6.29 Å². The Morgan fingerprint density at radius 2 is 1.85 bits per heavy atom.